The van der Waals surface area contributed by atoms with E-state index in [-0.39, 0.29) is 18.5 Å². The number of rotatable bonds is 2. The first-order chi connectivity index (χ1) is 5.79. The molecule has 2 N–H and O–H groups in total. The van der Waals surface area contributed by atoms with Crippen LogP contribution < -0.4 is 5.73 Å². The summed E-state index contributed by atoms with van der Waals surface area (Å²) < 4.78 is 5.26. The molecule has 0 aliphatic carbocycles. The molecule has 0 radical (unpaired) electrons. The average Bonchev–Trinajstić information content (AvgIpc) is 2.16. The van der Waals surface area contributed by atoms with E-state index in [1.807, 2.05) is 4.90 Å². The Kier molecular flexibility index (Phi) is 3.49. The third-order valence-corrected chi connectivity index (χ3v) is 2.19. The highest BCUT2D eigenvalue weighted by atomic mass is 16.5. The number of carbonyl (C=O) groups is 1. The zero-order valence-corrected chi connectivity index (χ0v) is 7.45. The minimum absolute atomic E-state index is 0.0325. The van der Waals surface area contributed by atoms with Crippen molar-refractivity contribution in [2.75, 3.05) is 26.3 Å². The summed E-state index contributed by atoms with van der Waals surface area (Å²) in [5.74, 6) is 0.0325. The van der Waals surface area contributed by atoms with E-state index in [1.54, 1.807) is 0 Å². The molecule has 70 valence electrons. The predicted octanol–water partition coefficient (Wildman–Crippen LogP) is -0.417. The van der Waals surface area contributed by atoms with Crippen molar-refractivity contribution < 1.29 is 9.53 Å². The molecular formula is C8H16N2O2. The van der Waals surface area contributed by atoms with Crippen LogP contribution in [-0.4, -0.2) is 43.2 Å². The largest absolute Gasteiger partial charge is 0.377 e. The van der Waals surface area contributed by atoms with E-state index >= 15 is 0 Å². The van der Waals surface area contributed by atoms with Crippen molar-refractivity contribution in [1.82, 2.24) is 4.90 Å². The molecule has 1 heterocycles. The zero-order chi connectivity index (χ0) is 8.97. The molecule has 1 atom stereocenters. The van der Waals surface area contributed by atoms with Crippen molar-refractivity contribution in [3.8, 4) is 0 Å². The van der Waals surface area contributed by atoms with E-state index in [0.717, 1.165) is 6.42 Å². The molecule has 0 spiro atoms. The van der Waals surface area contributed by atoms with E-state index in [4.69, 9.17) is 10.5 Å². The Morgan fingerprint density at radius 2 is 2.50 bits per heavy atom. The van der Waals surface area contributed by atoms with Gasteiger partial charge in [0.05, 0.1) is 25.8 Å². The van der Waals surface area contributed by atoms with Crippen LogP contribution >= 0.6 is 0 Å². The third kappa shape index (κ3) is 1.95. The van der Waals surface area contributed by atoms with Gasteiger partial charge >= 0.3 is 0 Å². The van der Waals surface area contributed by atoms with Gasteiger partial charge in [-0.3, -0.25) is 4.79 Å². The fourth-order valence-electron chi connectivity index (χ4n) is 1.44. The summed E-state index contributed by atoms with van der Waals surface area (Å²) in [5.41, 5.74) is 5.29. The summed E-state index contributed by atoms with van der Waals surface area (Å²) in [6, 6.07) is 0.231. The van der Waals surface area contributed by atoms with Gasteiger partial charge in [-0.2, -0.15) is 0 Å². The normalized spacial score (nSPS) is 24.2. The van der Waals surface area contributed by atoms with Gasteiger partial charge in [0.15, 0.2) is 0 Å². The van der Waals surface area contributed by atoms with Crippen molar-refractivity contribution in [2.45, 2.75) is 19.4 Å². The predicted molar refractivity (Wildman–Crippen MR) is 45.7 cm³/mol. The lowest BCUT2D eigenvalue weighted by atomic mass is 10.2. The molecule has 0 aromatic heterocycles. The minimum atomic E-state index is 0.0325. The Balaban J connectivity index is 2.52. The summed E-state index contributed by atoms with van der Waals surface area (Å²) in [6.07, 6.45) is 0.936. The molecule has 1 aliphatic heterocycles. The van der Waals surface area contributed by atoms with Gasteiger partial charge in [-0.15, -0.1) is 0 Å². The molecule has 1 amide bonds. The number of carbonyl (C=O) groups excluding carboxylic acids is 1. The van der Waals surface area contributed by atoms with Crippen LogP contribution in [0.4, 0.5) is 0 Å². The summed E-state index contributed by atoms with van der Waals surface area (Å²) in [7, 11) is 0. The van der Waals surface area contributed by atoms with Crippen molar-refractivity contribution in [1.29, 1.82) is 0 Å². The van der Waals surface area contributed by atoms with Gasteiger partial charge in [0.1, 0.15) is 0 Å². The number of nitrogens with two attached hydrogens (primary N) is 1. The highest BCUT2D eigenvalue weighted by molar-refractivity contribution is 5.78. The molecule has 0 aromatic carbocycles. The highest BCUT2D eigenvalue weighted by Crippen LogP contribution is 2.09. The topological polar surface area (TPSA) is 55.6 Å². The van der Waals surface area contributed by atoms with E-state index in [9.17, 15) is 4.79 Å². The number of hydrogen-bond donors (Lipinski definition) is 1. The van der Waals surface area contributed by atoms with Crippen molar-refractivity contribution in [3.05, 3.63) is 0 Å². The van der Waals surface area contributed by atoms with Crippen molar-refractivity contribution in [2.24, 2.45) is 5.73 Å². The van der Waals surface area contributed by atoms with E-state index in [2.05, 4.69) is 6.92 Å². The molecule has 0 saturated carbocycles. The lowest BCUT2D eigenvalue weighted by molar-refractivity contribution is -0.138. The van der Waals surface area contributed by atoms with E-state index in [0.29, 0.717) is 19.8 Å². The maximum atomic E-state index is 11.3. The second-order valence-electron chi connectivity index (χ2n) is 2.93. The van der Waals surface area contributed by atoms with Crippen LogP contribution in [0.1, 0.15) is 13.3 Å². The first-order valence-corrected chi connectivity index (χ1v) is 4.36. The molecule has 0 bridgehead atoms. The van der Waals surface area contributed by atoms with Crippen LogP contribution in [0.15, 0.2) is 0 Å². The third-order valence-electron chi connectivity index (χ3n) is 2.19. The fraction of sp³-hybridized carbons (Fsp3) is 0.875. The monoisotopic (exact) mass is 172 g/mol. The standard InChI is InChI=1S/C8H16N2O2/c1-2-7-6-12-4-3-10(7)8(11)5-9/h7H,2-6,9H2,1H3. The lowest BCUT2D eigenvalue weighted by Gasteiger charge is -2.34. The first kappa shape index (κ1) is 9.48. The number of nitrogens with zero attached hydrogens (tertiary/aromatic N) is 1. The number of ether oxygens (including phenoxy) is 1. The van der Waals surface area contributed by atoms with E-state index < -0.39 is 0 Å². The average molecular weight is 172 g/mol. The number of amides is 1. The summed E-state index contributed by atoms with van der Waals surface area (Å²) in [5, 5.41) is 0. The van der Waals surface area contributed by atoms with Gasteiger partial charge in [-0.25, -0.2) is 0 Å². The van der Waals surface area contributed by atoms with E-state index in [1.165, 1.54) is 0 Å². The van der Waals surface area contributed by atoms with Crippen LogP contribution in [0, 0.1) is 0 Å². The second kappa shape index (κ2) is 4.42. The molecule has 1 aliphatic rings. The van der Waals surface area contributed by atoms with Crippen LogP contribution in [0.5, 0.6) is 0 Å². The molecule has 1 unspecified atom stereocenters. The van der Waals surface area contributed by atoms with Crippen LogP contribution in [0.2, 0.25) is 0 Å². The van der Waals surface area contributed by atoms with Gasteiger partial charge < -0.3 is 15.4 Å². The molecular weight excluding hydrogens is 156 g/mol. The molecule has 0 aromatic rings. The van der Waals surface area contributed by atoms with Crippen LogP contribution in [-0.2, 0) is 9.53 Å². The number of morpholine rings is 1. The van der Waals surface area contributed by atoms with Crippen molar-refractivity contribution >= 4 is 5.91 Å². The number of hydrogen-bond acceptors (Lipinski definition) is 3. The van der Waals surface area contributed by atoms with Gasteiger partial charge in [-0.05, 0) is 6.42 Å². The Hall–Kier alpha value is -0.610. The van der Waals surface area contributed by atoms with Gasteiger partial charge in [0, 0.05) is 6.54 Å². The van der Waals surface area contributed by atoms with Gasteiger partial charge in [0.25, 0.3) is 0 Å². The molecule has 12 heavy (non-hydrogen) atoms. The minimum Gasteiger partial charge on any atom is -0.377 e. The summed E-state index contributed by atoms with van der Waals surface area (Å²) in [4.78, 5) is 13.1. The second-order valence-corrected chi connectivity index (χ2v) is 2.93. The Morgan fingerprint density at radius 1 is 1.75 bits per heavy atom. The Labute approximate surface area is 72.7 Å². The van der Waals surface area contributed by atoms with Gasteiger partial charge in [-0.1, -0.05) is 6.92 Å². The molecule has 1 rings (SSSR count). The fourth-order valence-corrected chi connectivity index (χ4v) is 1.44. The smallest absolute Gasteiger partial charge is 0.236 e. The van der Waals surface area contributed by atoms with Crippen molar-refractivity contribution in [3.63, 3.8) is 0 Å². The molecule has 4 nitrogen and oxygen atoms in total. The SMILES string of the molecule is CCC1COCCN1C(=O)CN. The first-order valence-electron chi connectivity index (χ1n) is 4.36. The summed E-state index contributed by atoms with van der Waals surface area (Å²) in [6.45, 7) is 4.14. The maximum Gasteiger partial charge on any atom is 0.236 e. The molecule has 1 saturated heterocycles. The lowest BCUT2D eigenvalue weighted by Crippen LogP contribution is -2.50. The zero-order valence-electron chi connectivity index (χ0n) is 7.45. The maximum absolute atomic E-state index is 11.3. The van der Waals surface area contributed by atoms with Gasteiger partial charge in [0.2, 0.25) is 5.91 Å². The molecule has 1 fully saturated rings. The summed E-state index contributed by atoms with van der Waals surface area (Å²) >= 11 is 0. The quantitative estimate of drug-likeness (QED) is 0.615. The van der Waals surface area contributed by atoms with Crippen LogP contribution in [0.25, 0.3) is 0 Å². The highest BCUT2D eigenvalue weighted by Gasteiger charge is 2.24. The Bertz CT molecular complexity index is 161. The van der Waals surface area contributed by atoms with Crippen LogP contribution in [0.3, 0.4) is 0 Å². The molecule has 4 heteroatoms. The Morgan fingerprint density at radius 3 is 3.08 bits per heavy atom.